The second kappa shape index (κ2) is 14.4. The molecule has 0 bridgehead atoms. The number of rotatable bonds is 8. The quantitative estimate of drug-likeness (QED) is 0.162. The molecule has 0 spiro atoms. The molecule has 11 rings (SSSR count). The molecule has 0 fully saturated rings. The molecule has 0 amide bonds. The van der Waals surface area contributed by atoms with E-state index in [4.69, 9.17) is 0 Å². The van der Waals surface area contributed by atoms with Crippen LogP contribution < -0.4 is 10.6 Å². The zero-order valence-electron chi connectivity index (χ0n) is 32.4. The molecule has 0 saturated heterocycles. The normalized spacial score (nSPS) is 12.5. The van der Waals surface area contributed by atoms with Crippen LogP contribution in [0.3, 0.4) is 0 Å². The van der Waals surface area contributed by atoms with Crippen LogP contribution in [0.2, 0.25) is 0 Å². The fourth-order valence-electron chi connectivity index (χ4n) is 9.60. The first-order chi connectivity index (χ1) is 29.3. The molecule has 1 aliphatic carbocycles. The monoisotopic (exact) mass is 752 g/mol. The summed E-state index contributed by atoms with van der Waals surface area (Å²) in [5.74, 6) is 0. The van der Waals surface area contributed by atoms with Crippen molar-refractivity contribution < 1.29 is 0 Å². The van der Waals surface area contributed by atoms with Gasteiger partial charge in [0.1, 0.15) is 0 Å². The first-order valence-electron chi connectivity index (χ1n) is 20.4. The van der Waals surface area contributed by atoms with Crippen molar-refractivity contribution in [3.8, 4) is 33.4 Å². The maximum absolute atomic E-state index is 4.10. The van der Waals surface area contributed by atoms with E-state index in [0.29, 0.717) is 0 Å². The summed E-state index contributed by atoms with van der Waals surface area (Å²) in [5, 5.41) is 12.7. The average Bonchev–Trinajstić information content (AvgIpc) is 3.59. The number of hydrogen-bond donors (Lipinski definition) is 2. The summed E-state index contributed by atoms with van der Waals surface area (Å²) in [6, 6.07) is 83.9. The van der Waals surface area contributed by atoms with Crippen LogP contribution in [0.25, 0.3) is 54.9 Å². The van der Waals surface area contributed by atoms with Crippen LogP contribution in [0.4, 0.5) is 22.7 Å². The Labute approximate surface area is 345 Å². The largest absolute Gasteiger partial charge is 0.356 e. The number of nitrogens with one attached hydrogen (secondary N) is 2. The van der Waals surface area contributed by atoms with E-state index < -0.39 is 5.41 Å². The highest BCUT2D eigenvalue weighted by molar-refractivity contribution is 6.12. The van der Waals surface area contributed by atoms with Crippen LogP contribution in [-0.4, -0.2) is 0 Å². The van der Waals surface area contributed by atoms with Gasteiger partial charge in [0, 0.05) is 28.2 Å². The number of fused-ring (bicyclic) bond motifs is 5. The highest BCUT2D eigenvalue weighted by atomic mass is 14.9. The SMILES string of the molecule is c1ccc(Nc2ccc3c(c2)C(c2ccccc2)(c2ccccc2)c2c-3cc(-c3cccc4ccccc34)c(Nc3ccccc3)c2-c2cccc3ccccc23)cc1. The lowest BCUT2D eigenvalue weighted by Gasteiger charge is -2.37. The second-order valence-electron chi connectivity index (χ2n) is 15.4. The van der Waals surface area contributed by atoms with Gasteiger partial charge in [-0.15, -0.1) is 0 Å². The summed E-state index contributed by atoms with van der Waals surface area (Å²) in [7, 11) is 0. The molecule has 59 heavy (non-hydrogen) atoms. The molecule has 0 unspecified atom stereocenters. The van der Waals surface area contributed by atoms with Crippen LogP contribution in [0, 0.1) is 0 Å². The molecule has 2 heteroatoms. The summed E-state index contributed by atoms with van der Waals surface area (Å²) in [6.45, 7) is 0. The lowest BCUT2D eigenvalue weighted by Crippen LogP contribution is -2.29. The molecule has 0 atom stereocenters. The Balaban J connectivity index is 1.36. The highest BCUT2D eigenvalue weighted by Gasteiger charge is 2.49. The summed E-state index contributed by atoms with van der Waals surface area (Å²) >= 11 is 0. The van der Waals surface area contributed by atoms with Crippen LogP contribution in [-0.2, 0) is 5.41 Å². The standard InChI is InChI=1S/C57H40N2/c1-5-23-41(24-6-1)57(42-25-7-2-8-26-42)53-37-45(58-43-27-9-3-10-28-43)35-36-49(53)51-38-52(48-33-17-21-39-19-13-15-31-46(39)48)56(59-44-29-11-4-12-30-44)54(55(51)57)50-34-18-22-40-20-14-16-32-47(40)50/h1-38,58-59H. The summed E-state index contributed by atoms with van der Waals surface area (Å²) < 4.78 is 0. The van der Waals surface area contributed by atoms with Gasteiger partial charge in [-0.05, 0) is 109 Å². The smallest absolute Gasteiger partial charge is 0.0721 e. The minimum absolute atomic E-state index is 0.696. The predicted octanol–water partition coefficient (Wildman–Crippen LogP) is 15.2. The Morgan fingerprint density at radius 3 is 1.41 bits per heavy atom. The third kappa shape index (κ3) is 5.72. The topological polar surface area (TPSA) is 24.1 Å². The van der Waals surface area contributed by atoms with Crippen molar-refractivity contribution in [1.29, 1.82) is 0 Å². The van der Waals surface area contributed by atoms with Crippen LogP contribution in [0.15, 0.2) is 231 Å². The molecule has 0 saturated carbocycles. The third-order valence-corrected chi connectivity index (χ3v) is 12.1. The van der Waals surface area contributed by atoms with E-state index in [-0.39, 0.29) is 0 Å². The molecule has 1 aliphatic rings. The third-order valence-electron chi connectivity index (χ3n) is 12.1. The average molecular weight is 753 g/mol. The Bertz CT molecular complexity index is 3090. The molecule has 2 N–H and O–H groups in total. The lowest BCUT2D eigenvalue weighted by molar-refractivity contribution is 0.771. The summed E-state index contributed by atoms with van der Waals surface area (Å²) in [5.41, 5.74) is 15.6. The van der Waals surface area contributed by atoms with E-state index in [2.05, 4.69) is 241 Å². The minimum atomic E-state index is -0.696. The van der Waals surface area contributed by atoms with Gasteiger partial charge in [-0.1, -0.05) is 188 Å². The Morgan fingerprint density at radius 1 is 0.305 bits per heavy atom. The van der Waals surface area contributed by atoms with Gasteiger partial charge in [0.2, 0.25) is 0 Å². The molecule has 10 aromatic rings. The van der Waals surface area contributed by atoms with Gasteiger partial charge in [-0.2, -0.15) is 0 Å². The van der Waals surface area contributed by atoms with E-state index >= 15 is 0 Å². The van der Waals surface area contributed by atoms with Gasteiger partial charge in [0.25, 0.3) is 0 Å². The van der Waals surface area contributed by atoms with Crippen LogP contribution in [0.1, 0.15) is 22.3 Å². The second-order valence-corrected chi connectivity index (χ2v) is 15.4. The van der Waals surface area contributed by atoms with Crippen molar-refractivity contribution in [3.05, 3.63) is 253 Å². The summed E-state index contributed by atoms with van der Waals surface area (Å²) in [6.07, 6.45) is 0. The first kappa shape index (κ1) is 34.6. The van der Waals surface area contributed by atoms with Crippen molar-refractivity contribution in [3.63, 3.8) is 0 Å². The van der Waals surface area contributed by atoms with Crippen LogP contribution in [0.5, 0.6) is 0 Å². The van der Waals surface area contributed by atoms with Gasteiger partial charge in [-0.25, -0.2) is 0 Å². The van der Waals surface area contributed by atoms with Crippen molar-refractivity contribution >= 4 is 44.3 Å². The minimum Gasteiger partial charge on any atom is -0.356 e. The van der Waals surface area contributed by atoms with Gasteiger partial charge >= 0.3 is 0 Å². The van der Waals surface area contributed by atoms with Crippen molar-refractivity contribution in [2.45, 2.75) is 5.41 Å². The van der Waals surface area contributed by atoms with E-state index in [1.54, 1.807) is 0 Å². The molecule has 0 radical (unpaired) electrons. The van der Waals surface area contributed by atoms with Crippen LogP contribution >= 0.6 is 0 Å². The molecule has 278 valence electrons. The molecule has 0 aromatic heterocycles. The maximum Gasteiger partial charge on any atom is 0.0721 e. The van der Waals surface area contributed by atoms with Crippen molar-refractivity contribution in [2.75, 3.05) is 10.6 Å². The molecule has 2 nitrogen and oxygen atoms in total. The number of para-hydroxylation sites is 2. The van der Waals surface area contributed by atoms with Crippen molar-refractivity contribution in [1.82, 2.24) is 0 Å². The lowest BCUT2D eigenvalue weighted by atomic mass is 9.65. The van der Waals surface area contributed by atoms with Gasteiger partial charge in [-0.3, -0.25) is 0 Å². The number of hydrogen-bond acceptors (Lipinski definition) is 2. The van der Waals surface area contributed by atoms with E-state index in [9.17, 15) is 0 Å². The highest BCUT2D eigenvalue weighted by Crippen LogP contribution is 2.62. The van der Waals surface area contributed by atoms with E-state index in [1.807, 2.05) is 0 Å². The van der Waals surface area contributed by atoms with E-state index in [0.717, 1.165) is 28.3 Å². The zero-order chi connectivity index (χ0) is 39.2. The Morgan fingerprint density at radius 2 is 0.797 bits per heavy atom. The summed E-state index contributed by atoms with van der Waals surface area (Å²) in [4.78, 5) is 0. The fourth-order valence-corrected chi connectivity index (χ4v) is 9.60. The number of benzene rings is 10. The fraction of sp³-hybridized carbons (Fsp3) is 0.0175. The molecule has 0 heterocycles. The predicted molar refractivity (Wildman–Crippen MR) is 249 cm³/mol. The van der Waals surface area contributed by atoms with Gasteiger partial charge in [0.05, 0.1) is 11.1 Å². The Hall–Kier alpha value is -7.68. The maximum atomic E-state index is 4.10. The molecular weight excluding hydrogens is 713 g/mol. The molecular formula is C57H40N2. The zero-order valence-corrected chi connectivity index (χ0v) is 32.4. The van der Waals surface area contributed by atoms with Gasteiger partial charge in [0.15, 0.2) is 0 Å². The van der Waals surface area contributed by atoms with E-state index in [1.165, 1.54) is 71.6 Å². The first-order valence-corrected chi connectivity index (χ1v) is 20.4. The van der Waals surface area contributed by atoms with Crippen molar-refractivity contribution in [2.24, 2.45) is 0 Å². The Kier molecular flexibility index (Phi) is 8.41. The number of anilines is 4. The van der Waals surface area contributed by atoms with Gasteiger partial charge < -0.3 is 10.6 Å². The molecule has 10 aromatic carbocycles. The molecule has 0 aliphatic heterocycles.